The van der Waals surface area contributed by atoms with Gasteiger partial charge in [-0.1, -0.05) is 238 Å². The van der Waals surface area contributed by atoms with Crippen LogP contribution < -0.4 is 16.0 Å². The molecule has 0 amide bonds. The summed E-state index contributed by atoms with van der Waals surface area (Å²) in [5.74, 6) is 0. The average molecular weight is 880 g/mol. The van der Waals surface area contributed by atoms with Gasteiger partial charge in [0.05, 0.1) is 36.8 Å². The summed E-state index contributed by atoms with van der Waals surface area (Å²) in [4.78, 5) is 0. The molecule has 2 aromatic rings. The zero-order valence-electron chi connectivity index (χ0n) is 41.3. The van der Waals surface area contributed by atoms with E-state index in [2.05, 4.69) is 29.8 Å². The third kappa shape index (κ3) is 35.6. The fraction of sp³-hybridized carbons (Fsp3) is 0.786. The molecule has 0 aliphatic carbocycles. The summed E-state index contributed by atoms with van der Waals surface area (Å²) in [6.07, 6.45) is 45.1. The van der Waals surface area contributed by atoms with Gasteiger partial charge in [-0.3, -0.25) is 0 Å². The number of para-hydroxylation sites is 1. The Balaban J connectivity index is 1.52. The number of unbranched alkanes of at least 4 members (excludes halogenated alkanes) is 32. The predicted octanol–water partition coefficient (Wildman–Crippen LogP) is 16.3. The van der Waals surface area contributed by atoms with Crippen molar-refractivity contribution in [2.45, 2.75) is 244 Å². The Morgan fingerprint density at radius 3 is 1.08 bits per heavy atom. The first kappa shape index (κ1) is 56.8. The van der Waals surface area contributed by atoms with Crippen molar-refractivity contribution in [1.29, 1.82) is 0 Å². The van der Waals surface area contributed by atoms with Gasteiger partial charge in [0.1, 0.15) is 0 Å². The second-order valence-corrected chi connectivity index (χ2v) is 18.8. The summed E-state index contributed by atoms with van der Waals surface area (Å²) in [5.41, 5.74) is 3.68. The molecule has 0 heterocycles. The standard InChI is InChI=1S/C56H101N3O4/c1-3-5-7-9-11-13-15-17-19-21-23-25-27-29-31-33-38-44-62-49-53(60)47-57-55-43-42-52(59-51-40-36-35-37-41-51)46-56(55)58-48-54(61)50-63-45-39-34-32-30-28-26-24-22-20-18-16-14-12-10-8-6-4-2/h35-37,40-43,46,53-54,57-61H,3-34,38-39,44-45,47-50H2,1-2H3. The highest BCUT2D eigenvalue weighted by molar-refractivity contribution is 5.76. The van der Waals surface area contributed by atoms with Crippen molar-refractivity contribution in [2.75, 3.05) is 55.5 Å². The number of rotatable bonds is 48. The van der Waals surface area contributed by atoms with Gasteiger partial charge in [0.25, 0.3) is 0 Å². The van der Waals surface area contributed by atoms with E-state index in [0.29, 0.717) is 39.5 Å². The van der Waals surface area contributed by atoms with E-state index in [4.69, 9.17) is 9.47 Å². The molecule has 63 heavy (non-hydrogen) atoms. The third-order valence-electron chi connectivity index (χ3n) is 12.5. The van der Waals surface area contributed by atoms with E-state index < -0.39 is 12.2 Å². The normalized spacial score (nSPS) is 12.4. The number of anilines is 4. The minimum absolute atomic E-state index is 0.312. The third-order valence-corrected chi connectivity index (χ3v) is 12.5. The van der Waals surface area contributed by atoms with Gasteiger partial charge in [0, 0.05) is 37.7 Å². The first-order valence-electron chi connectivity index (χ1n) is 27.1. The van der Waals surface area contributed by atoms with Crippen LogP contribution in [-0.4, -0.2) is 61.9 Å². The molecule has 5 N–H and O–H groups in total. The monoisotopic (exact) mass is 880 g/mol. The van der Waals surface area contributed by atoms with Crippen molar-refractivity contribution in [2.24, 2.45) is 0 Å². The molecule has 0 fully saturated rings. The lowest BCUT2D eigenvalue weighted by molar-refractivity contribution is 0.0414. The number of nitrogens with one attached hydrogen (secondary N) is 3. The minimum Gasteiger partial charge on any atom is -0.389 e. The SMILES string of the molecule is CCCCCCCCCCCCCCCCCCCOCC(O)CNc1ccc(Nc2ccccc2)cc1NCC(O)COCCCCCCCCCCCCCCCCCCC. The highest BCUT2D eigenvalue weighted by Crippen LogP contribution is 2.28. The number of aliphatic hydroxyl groups is 2. The molecule has 2 atom stereocenters. The minimum atomic E-state index is -0.622. The second-order valence-electron chi connectivity index (χ2n) is 18.8. The van der Waals surface area contributed by atoms with Gasteiger partial charge in [-0.05, 0) is 43.2 Å². The molecule has 0 spiro atoms. The van der Waals surface area contributed by atoms with Crippen LogP contribution in [0, 0.1) is 0 Å². The van der Waals surface area contributed by atoms with Crippen molar-refractivity contribution >= 4 is 22.7 Å². The van der Waals surface area contributed by atoms with E-state index in [1.54, 1.807) is 0 Å². The molecule has 0 saturated heterocycles. The first-order valence-corrected chi connectivity index (χ1v) is 27.1. The number of hydrogen-bond acceptors (Lipinski definition) is 7. The van der Waals surface area contributed by atoms with Crippen LogP contribution in [0.15, 0.2) is 48.5 Å². The molecule has 2 rings (SSSR count). The van der Waals surface area contributed by atoms with Crippen LogP contribution >= 0.6 is 0 Å². The molecule has 2 aromatic carbocycles. The van der Waals surface area contributed by atoms with Crippen LogP contribution in [0.3, 0.4) is 0 Å². The number of aliphatic hydroxyl groups excluding tert-OH is 2. The van der Waals surface area contributed by atoms with Crippen molar-refractivity contribution in [3.05, 3.63) is 48.5 Å². The Bertz CT molecular complexity index is 1230. The summed E-state index contributed by atoms with van der Waals surface area (Å²) in [6.45, 7) is 7.35. The van der Waals surface area contributed by atoms with Crippen LogP contribution in [0.5, 0.6) is 0 Å². The van der Waals surface area contributed by atoms with Gasteiger partial charge in [-0.25, -0.2) is 0 Å². The fourth-order valence-corrected chi connectivity index (χ4v) is 8.48. The van der Waals surface area contributed by atoms with Gasteiger partial charge in [0.15, 0.2) is 0 Å². The van der Waals surface area contributed by atoms with E-state index in [9.17, 15) is 10.2 Å². The maximum Gasteiger partial charge on any atom is 0.0945 e. The maximum absolute atomic E-state index is 10.8. The lowest BCUT2D eigenvalue weighted by Gasteiger charge is -2.20. The van der Waals surface area contributed by atoms with Crippen molar-refractivity contribution in [3.8, 4) is 0 Å². The number of benzene rings is 2. The lowest BCUT2D eigenvalue weighted by atomic mass is 10.0. The Morgan fingerprint density at radius 2 is 0.714 bits per heavy atom. The molecule has 7 nitrogen and oxygen atoms in total. The van der Waals surface area contributed by atoms with E-state index in [-0.39, 0.29) is 0 Å². The van der Waals surface area contributed by atoms with Crippen LogP contribution in [0.1, 0.15) is 232 Å². The number of ether oxygens (including phenoxy) is 2. The molecule has 0 saturated carbocycles. The molecule has 0 aliphatic heterocycles. The topological polar surface area (TPSA) is 95.0 Å². The zero-order valence-corrected chi connectivity index (χ0v) is 41.3. The molecule has 7 heteroatoms. The van der Waals surface area contributed by atoms with Gasteiger partial charge in [-0.15, -0.1) is 0 Å². The summed E-state index contributed by atoms with van der Waals surface area (Å²) in [7, 11) is 0. The van der Waals surface area contributed by atoms with E-state index >= 15 is 0 Å². The summed E-state index contributed by atoms with van der Waals surface area (Å²) >= 11 is 0. The maximum atomic E-state index is 10.8. The number of hydrogen-bond donors (Lipinski definition) is 5. The molecule has 0 aromatic heterocycles. The van der Waals surface area contributed by atoms with Crippen molar-refractivity contribution < 1.29 is 19.7 Å². The van der Waals surface area contributed by atoms with Crippen LogP contribution in [0.2, 0.25) is 0 Å². The highest BCUT2D eigenvalue weighted by atomic mass is 16.5. The van der Waals surface area contributed by atoms with Crippen LogP contribution in [0.25, 0.3) is 0 Å². The molecule has 2 unspecified atom stereocenters. The van der Waals surface area contributed by atoms with E-state index in [1.165, 1.54) is 205 Å². The Kier molecular flexibility index (Phi) is 39.3. The quantitative estimate of drug-likeness (QED) is 0.0423. The zero-order chi connectivity index (χ0) is 44.9. The predicted molar refractivity (Wildman–Crippen MR) is 275 cm³/mol. The smallest absolute Gasteiger partial charge is 0.0945 e. The van der Waals surface area contributed by atoms with Crippen molar-refractivity contribution in [3.63, 3.8) is 0 Å². The van der Waals surface area contributed by atoms with E-state index in [1.807, 2.05) is 48.5 Å². The summed E-state index contributed by atoms with van der Waals surface area (Å²) in [5, 5.41) is 31.8. The van der Waals surface area contributed by atoms with E-state index in [0.717, 1.165) is 35.6 Å². The fourth-order valence-electron chi connectivity index (χ4n) is 8.48. The van der Waals surface area contributed by atoms with Gasteiger partial charge in [-0.2, -0.15) is 0 Å². The molecule has 0 bridgehead atoms. The van der Waals surface area contributed by atoms with Crippen LogP contribution in [-0.2, 0) is 9.47 Å². The van der Waals surface area contributed by atoms with Gasteiger partial charge >= 0.3 is 0 Å². The largest absolute Gasteiger partial charge is 0.389 e. The van der Waals surface area contributed by atoms with Gasteiger partial charge in [0.2, 0.25) is 0 Å². The molecular weight excluding hydrogens is 779 g/mol. The lowest BCUT2D eigenvalue weighted by Crippen LogP contribution is -2.27. The van der Waals surface area contributed by atoms with Crippen molar-refractivity contribution in [1.82, 2.24) is 0 Å². The first-order chi connectivity index (χ1) is 31.1. The molecular formula is C56H101N3O4. The van der Waals surface area contributed by atoms with Crippen LogP contribution in [0.4, 0.5) is 22.7 Å². The summed E-state index contributed by atoms with van der Waals surface area (Å²) < 4.78 is 11.7. The Morgan fingerprint density at radius 1 is 0.381 bits per heavy atom. The average Bonchev–Trinajstić information content (AvgIpc) is 3.29. The highest BCUT2D eigenvalue weighted by Gasteiger charge is 2.11. The molecule has 364 valence electrons. The molecule has 0 aliphatic rings. The van der Waals surface area contributed by atoms with Gasteiger partial charge < -0.3 is 35.6 Å². The molecule has 0 radical (unpaired) electrons. The second kappa shape index (κ2) is 43.6. The Hall–Kier alpha value is -2.32. The Labute approximate surface area is 389 Å². The summed E-state index contributed by atoms with van der Waals surface area (Å²) in [6, 6.07) is 16.2.